The van der Waals surface area contributed by atoms with Crippen molar-refractivity contribution in [2.45, 2.75) is 33.2 Å². The number of nitrogens with zero attached hydrogens (tertiary/aromatic N) is 2. The number of carbonyl (C=O) groups is 1. The molecule has 1 fully saturated rings. The Kier molecular flexibility index (Phi) is 3.17. The van der Waals surface area contributed by atoms with Gasteiger partial charge in [0, 0.05) is 24.7 Å². The molecular formula is C15H21N3O. The first-order valence-electron chi connectivity index (χ1n) is 7.09. The van der Waals surface area contributed by atoms with Gasteiger partial charge >= 0.3 is 0 Å². The maximum Gasteiger partial charge on any atom is 0.223 e. The Balaban J connectivity index is 1.49. The first kappa shape index (κ1) is 12.5. The van der Waals surface area contributed by atoms with Crippen LogP contribution in [0.15, 0.2) is 18.5 Å². The van der Waals surface area contributed by atoms with Gasteiger partial charge in [-0.25, -0.2) is 4.98 Å². The number of carbonyl (C=O) groups excluding carboxylic acids is 1. The molecule has 2 bridgehead atoms. The van der Waals surface area contributed by atoms with Gasteiger partial charge in [0.25, 0.3) is 0 Å². The summed E-state index contributed by atoms with van der Waals surface area (Å²) in [6.07, 6.45) is 8.55. The third kappa shape index (κ3) is 2.31. The molecule has 4 nitrogen and oxygen atoms in total. The van der Waals surface area contributed by atoms with E-state index in [0.717, 1.165) is 18.7 Å². The van der Waals surface area contributed by atoms with Crippen molar-refractivity contribution in [1.82, 2.24) is 14.9 Å². The molecule has 19 heavy (non-hydrogen) atoms. The summed E-state index contributed by atoms with van der Waals surface area (Å²) in [6, 6.07) is 0. The van der Waals surface area contributed by atoms with Crippen LogP contribution in [0.25, 0.3) is 0 Å². The fraction of sp³-hybridized carbons (Fsp3) is 0.600. The lowest BCUT2D eigenvalue weighted by Crippen LogP contribution is -2.34. The summed E-state index contributed by atoms with van der Waals surface area (Å²) in [6.45, 7) is 5.55. The molecule has 0 aliphatic heterocycles. The zero-order valence-corrected chi connectivity index (χ0v) is 11.6. The number of allylic oxidation sites excluding steroid dienone is 2. The number of hydrogen-bond acceptors (Lipinski definition) is 2. The lowest BCUT2D eigenvalue weighted by molar-refractivity contribution is -0.125. The highest BCUT2D eigenvalue weighted by Crippen LogP contribution is 2.43. The van der Waals surface area contributed by atoms with Gasteiger partial charge in [-0.2, -0.15) is 0 Å². The van der Waals surface area contributed by atoms with Crippen molar-refractivity contribution in [3.05, 3.63) is 29.9 Å². The molecule has 0 unspecified atom stereocenters. The predicted octanol–water partition coefficient (Wildman–Crippen LogP) is 1.83. The number of hydrogen-bond donors (Lipinski definition) is 1. The van der Waals surface area contributed by atoms with Crippen molar-refractivity contribution in [2.75, 3.05) is 6.54 Å². The van der Waals surface area contributed by atoms with Gasteiger partial charge in [0.05, 0.1) is 12.0 Å². The van der Waals surface area contributed by atoms with E-state index in [9.17, 15) is 4.79 Å². The lowest BCUT2D eigenvalue weighted by atomic mass is 9.93. The average molecular weight is 259 g/mol. The van der Waals surface area contributed by atoms with E-state index in [1.807, 2.05) is 13.3 Å². The number of amides is 1. The molecule has 3 atom stereocenters. The van der Waals surface area contributed by atoms with E-state index in [1.54, 1.807) is 0 Å². The van der Waals surface area contributed by atoms with Crippen molar-refractivity contribution in [3.63, 3.8) is 0 Å². The minimum Gasteiger partial charge on any atom is -0.354 e. The highest BCUT2D eigenvalue weighted by atomic mass is 16.1. The van der Waals surface area contributed by atoms with Crippen molar-refractivity contribution in [1.29, 1.82) is 0 Å². The molecule has 1 heterocycles. The number of aryl methyl sites for hydroxylation is 1. The van der Waals surface area contributed by atoms with Crippen LogP contribution < -0.4 is 5.32 Å². The molecule has 1 N–H and O–H groups in total. The maximum atomic E-state index is 12.1. The molecule has 102 valence electrons. The molecule has 2 aliphatic carbocycles. The minimum atomic E-state index is 0.209. The van der Waals surface area contributed by atoms with E-state index in [0.29, 0.717) is 18.4 Å². The number of imidazole rings is 1. The van der Waals surface area contributed by atoms with Gasteiger partial charge in [0.1, 0.15) is 0 Å². The smallest absolute Gasteiger partial charge is 0.223 e. The van der Waals surface area contributed by atoms with E-state index in [4.69, 9.17) is 0 Å². The molecule has 0 saturated heterocycles. The standard InChI is InChI=1S/C15H21N3O/c1-10-11(2)18(9-17-10)6-5-16-15(19)14-8-12-3-4-13(14)7-12/h3-4,9,12-14H,5-8H2,1-2H3,(H,16,19)/t12-,13+,14-/m1/s1. The van der Waals surface area contributed by atoms with E-state index in [1.165, 1.54) is 12.1 Å². The molecule has 1 aromatic rings. The largest absolute Gasteiger partial charge is 0.354 e. The van der Waals surface area contributed by atoms with Gasteiger partial charge in [-0.05, 0) is 38.5 Å². The van der Waals surface area contributed by atoms with Crippen LogP contribution in [0.1, 0.15) is 24.2 Å². The van der Waals surface area contributed by atoms with Gasteiger partial charge < -0.3 is 9.88 Å². The second kappa shape index (κ2) is 4.83. The highest BCUT2D eigenvalue weighted by molar-refractivity contribution is 5.79. The number of aromatic nitrogens is 2. The fourth-order valence-corrected chi connectivity index (χ4v) is 3.28. The fourth-order valence-electron chi connectivity index (χ4n) is 3.28. The molecule has 3 rings (SSSR count). The maximum absolute atomic E-state index is 12.1. The molecular weight excluding hydrogens is 238 g/mol. The Morgan fingerprint density at radius 2 is 2.26 bits per heavy atom. The normalized spacial score (nSPS) is 28.0. The summed E-state index contributed by atoms with van der Waals surface area (Å²) < 4.78 is 2.09. The Hall–Kier alpha value is -1.58. The van der Waals surface area contributed by atoms with Crippen molar-refractivity contribution in [3.8, 4) is 0 Å². The van der Waals surface area contributed by atoms with E-state index in [-0.39, 0.29) is 11.8 Å². The van der Waals surface area contributed by atoms with Crippen LogP contribution >= 0.6 is 0 Å². The monoisotopic (exact) mass is 259 g/mol. The average Bonchev–Trinajstić information content (AvgIpc) is 3.09. The summed E-state index contributed by atoms with van der Waals surface area (Å²) in [5.74, 6) is 1.58. The topological polar surface area (TPSA) is 46.9 Å². The summed E-state index contributed by atoms with van der Waals surface area (Å²) in [5, 5.41) is 3.07. The second-order valence-electron chi connectivity index (χ2n) is 5.79. The first-order chi connectivity index (χ1) is 9.15. The quantitative estimate of drug-likeness (QED) is 0.839. The second-order valence-corrected chi connectivity index (χ2v) is 5.79. The van der Waals surface area contributed by atoms with Gasteiger partial charge in [-0.15, -0.1) is 0 Å². The van der Waals surface area contributed by atoms with Crippen molar-refractivity contribution in [2.24, 2.45) is 17.8 Å². The summed E-state index contributed by atoms with van der Waals surface area (Å²) in [5.41, 5.74) is 2.24. The van der Waals surface area contributed by atoms with Crippen LogP contribution in [0.3, 0.4) is 0 Å². The number of fused-ring (bicyclic) bond motifs is 2. The zero-order valence-electron chi connectivity index (χ0n) is 11.6. The third-order valence-electron chi connectivity index (χ3n) is 4.61. The molecule has 1 amide bonds. The highest BCUT2D eigenvalue weighted by Gasteiger charge is 2.39. The minimum absolute atomic E-state index is 0.209. The van der Waals surface area contributed by atoms with Crippen LogP contribution in [0.4, 0.5) is 0 Å². The number of nitrogens with one attached hydrogen (secondary N) is 1. The van der Waals surface area contributed by atoms with Gasteiger partial charge in [0.2, 0.25) is 5.91 Å². The Labute approximate surface area is 113 Å². The summed E-state index contributed by atoms with van der Waals surface area (Å²) in [7, 11) is 0. The van der Waals surface area contributed by atoms with E-state index < -0.39 is 0 Å². The van der Waals surface area contributed by atoms with Crippen LogP contribution in [-0.2, 0) is 11.3 Å². The molecule has 0 radical (unpaired) electrons. The summed E-state index contributed by atoms with van der Waals surface area (Å²) in [4.78, 5) is 16.4. The number of rotatable bonds is 4. The van der Waals surface area contributed by atoms with Crippen LogP contribution in [0.2, 0.25) is 0 Å². The van der Waals surface area contributed by atoms with Gasteiger partial charge in [-0.3, -0.25) is 4.79 Å². The molecule has 2 aliphatic rings. The SMILES string of the molecule is Cc1ncn(CCNC(=O)[C@@H]2C[C@@H]3C=C[C@H]2C3)c1C. The molecule has 0 aromatic carbocycles. The zero-order chi connectivity index (χ0) is 13.4. The third-order valence-corrected chi connectivity index (χ3v) is 4.61. The molecule has 4 heteroatoms. The molecule has 1 saturated carbocycles. The predicted molar refractivity (Wildman–Crippen MR) is 73.6 cm³/mol. The van der Waals surface area contributed by atoms with Crippen LogP contribution in [0, 0.1) is 31.6 Å². The van der Waals surface area contributed by atoms with Crippen LogP contribution in [0.5, 0.6) is 0 Å². The Bertz CT molecular complexity index is 517. The van der Waals surface area contributed by atoms with Gasteiger partial charge in [0.15, 0.2) is 0 Å². The first-order valence-corrected chi connectivity index (χ1v) is 7.09. The Morgan fingerprint density at radius 3 is 2.84 bits per heavy atom. The van der Waals surface area contributed by atoms with E-state index >= 15 is 0 Å². The Morgan fingerprint density at radius 1 is 1.42 bits per heavy atom. The van der Waals surface area contributed by atoms with E-state index in [2.05, 4.69) is 33.9 Å². The molecule has 0 spiro atoms. The lowest BCUT2D eigenvalue weighted by Gasteiger charge is -2.17. The van der Waals surface area contributed by atoms with Crippen molar-refractivity contribution >= 4 is 5.91 Å². The molecule has 1 aromatic heterocycles. The van der Waals surface area contributed by atoms with Gasteiger partial charge in [-0.1, -0.05) is 12.2 Å². The van der Waals surface area contributed by atoms with Crippen LogP contribution in [-0.4, -0.2) is 22.0 Å². The van der Waals surface area contributed by atoms with Crippen molar-refractivity contribution < 1.29 is 4.79 Å². The summed E-state index contributed by atoms with van der Waals surface area (Å²) >= 11 is 0.